The summed E-state index contributed by atoms with van der Waals surface area (Å²) >= 11 is 5.21. The lowest BCUT2D eigenvalue weighted by atomic mass is 10.1. The lowest BCUT2D eigenvalue weighted by molar-refractivity contribution is 0.476. The quantitative estimate of drug-likeness (QED) is 0.641. The minimum atomic E-state index is 0.321. The number of phenolic OH excluding ortho intramolecular Hbond substituents is 1. The first kappa shape index (κ1) is 9.19. The van der Waals surface area contributed by atoms with E-state index in [2.05, 4.69) is 28.1 Å². The van der Waals surface area contributed by atoms with Gasteiger partial charge in [0.15, 0.2) is 0 Å². The van der Waals surface area contributed by atoms with Crippen LogP contribution in [0.25, 0.3) is 20.2 Å². The molecule has 0 saturated carbocycles. The Balaban J connectivity index is 2.55. The van der Waals surface area contributed by atoms with E-state index >= 15 is 0 Å². The molecular formula is C12H7BrOS. The molecule has 0 aliphatic heterocycles. The normalized spacial score (nSPS) is 11.3. The number of rotatable bonds is 0. The first-order valence-electron chi connectivity index (χ1n) is 4.55. The zero-order valence-electron chi connectivity index (χ0n) is 7.70. The number of thiophene rings is 1. The van der Waals surface area contributed by atoms with Crippen molar-refractivity contribution in [3.8, 4) is 5.75 Å². The highest BCUT2D eigenvalue weighted by Gasteiger charge is 2.05. The Bertz CT molecular complexity index is 601. The summed E-state index contributed by atoms with van der Waals surface area (Å²) in [6.07, 6.45) is 0. The average molecular weight is 279 g/mol. The van der Waals surface area contributed by atoms with Gasteiger partial charge in [0.05, 0.1) is 0 Å². The summed E-state index contributed by atoms with van der Waals surface area (Å²) in [6, 6.07) is 11.7. The monoisotopic (exact) mass is 278 g/mol. The summed E-state index contributed by atoms with van der Waals surface area (Å²) in [5.41, 5.74) is 0. The summed E-state index contributed by atoms with van der Waals surface area (Å²) in [6.45, 7) is 0. The van der Waals surface area contributed by atoms with Crippen molar-refractivity contribution < 1.29 is 5.11 Å². The predicted octanol–water partition coefficient (Wildman–Crippen LogP) is 4.52. The molecule has 0 aliphatic carbocycles. The van der Waals surface area contributed by atoms with Crippen LogP contribution in [0.15, 0.2) is 40.9 Å². The summed E-state index contributed by atoms with van der Waals surface area (Å²) in [5.74, 6) is 0.321. The fourth-order valence-electron chi connectivity index (χ4n) is 1.74. The lowest BCUT2D eigenvalue weighted by Crippen LogP contribution is -1.67. The van der Waals surface area contributed by atoms with Crippen LogP contribution in [-0.4, -0.2) is 5.11 Å². The smallest absolute Gasteiger partial charge is 0.116 e. The fourth-order valence-corrected chi connectivity index (χ4v) is 3.17. The third-order valence-corrected chi connectivity index (χ3v) is 4.06. The molecular weight excluding hydrogens is 272 g/mol. The number of fused-ring (bicyclic) bond motifs is 3. The molecule has 0 atom stereocenters. The standard InChI is InChI=1S/C12H7BrOS/c13-7-1-3-11-9(5-7)10-6-8(14)2-4-12(10)15-11/h1-6,14H. The Labute approximate surface area is 99.1 Å². The van der Waals surface area contributed by atoms with Gasteiger partial charge in [-0.25, -0.2) is 0 Å². The molecule has 0 bridgehead atoms. The third-order valence-electron chi connectivity index (χ3n) is 2.41. The Kier molecular flexibility index (Phi) is 1.97. The van der Waals surface area contributed by atoms with Crippen LogP contribution in [0.1, 0.15) is 0 Å². The number of hydrogen-bond donors (Lipinski definition) is 1. The minimum absolute atomic E-state index is 0.321. The highest BCUT2D eigenvalue weighted by atomic mass is 79.9. The molecule has 0 spiro atoms. The van der Waals surface area contributed by atoms with Gasteiger partial charge >= 0.3 is 0 Å². The summed E-state index contributed by atoms with van der Waals surface area (Å²) in [4.78, 5) is 0. The lowest BCUT2D eigenvalue weighted by Gasteiger charge is -1.93. The van der Waals surface area contributed by atoms with Gasteiger partial charge in [-0.3, -0.25) is 0 Å². The molecule has 1 heterocycles. The van der Waals surface area contributed by atoms with Crippen LogP contribution in [0, 0.1) is 0 Å². The molecule has 1 N–H and O–H groups in total. The molecule has 3 heteroatoms. The van der Waals surface area contributed by atoms with Gasteiger partial charge in [0.25, 0.3) is 0 Å². The van der Waals surface area contributed by atoms with E-state index in [1.807, 2.05) is 18.2 Å². The molecule has 74 valence electrons. The van der Waals surface area contributed by atoms with E-state index in [1.54, 1.807) is 17.4 Å². The predicted molar refractivity (Wildman–Crippen MR) is 68.7 cm³/mol. The Morgan fingerprint density at radius 2 is 1.60 bits per heavy atom. The van der Waals surface area contributed by atoms with Crippen molar-refractivity contribution in [1.82, 2.24) is 0 Å². The first-order chi connectivity index (χ1) is 7.24. The number of phenols is 1. The van der Waals surface area contributed by atoms with Crippen LogP contribution in [-0.2, 0) is 0 Å². The molecule has 15 heavy (non-hydrogen) atoms. The van der Waals surface area contributed by atoms with Crippen molar-refractivity contribution >= 4 is 47.4 Å². The van der Waals surface area contributed by atoms with E-state index < -0.39 is 0 Å². The summed E-state index contributed by atoms with van der Waals surface area (Å²) in [7, 11) is 0. The fraction of sp³-hybridized carbons (Fsp3) is 0. The molecule has 1 nitrogen and oxygen atoms in total. The Morgan fingerprint density at radius 3 is 2.40 bits per heavy atom. The SMILES string of the molecule is Oc1ccc2sc3ccc(Br)cc3c2c1. The van der Waals surface area contributed by atoms with Crippen LogP contribution in [0.2, 0.25) is 0 Å². The third kappa shape index (κ3) is 1.43. The summed E-state index contributed by atoms with van der Waals surface area (Å²) < 4.78 is 3.53. The van der Waals surface area contributed by atoms with E-state index in [9.17, 15) is 5.11 Å². The van der Waals surface area contributed by atoms with Crippen molar-refractivity contribution in [1.29, 1.82) is 0 Å². The molecule has 0 saturated heterocycles. The maximum atomic E-state index is 9.47. The van der Waals surface area contributed by atoms with E-state index in [-0.39, 0.29) is 0 Å². The van der Waals surface area contributed by atoms with Crippen LogP contribution < -0.4 is 0 Å². The van der Waals surface area contributed by atoms with Crippen LogP contribution in [0.4, 0.5) is 0 Å². The molecule has 1 aromatic heterocycles. The Hall–Kier alpha value is -1.06. The number of benzene rings is 2. The van der Waals surface area contributed by atoms with Gasteiger partial charge in [0.2, 0.25) is 0 Å². The topological polar surface area (TPSA) is 20.2 Å². The zero-order valence-corrected chi connectivity index (χ0v) is 10.1. The van der Waals surface area contributed by atoms with E-state index in [1.165, 1.54) is 14.8 Å². The van der Waals surface area contributed by atoms with Gasteiger partial charge in [-0.05, 0) is 36.4 Å². The first-order valence-corrected chi connectivity index (χ1v) is 6.16. The van der Waals surface area contributed by atoms with Crippen molar-refractivity contribution in [2.45, 2.75) is 0 Å². The highest BCUT2D eigenvalue weighted by Crippen LogP contribution is 2.36. The molecule has 3 rings (SSSR count). The number of aromatic hydroxyl groups is 1. The largest absolute Gasteiger partial charge is 0.508 e. The van der Waals surface area contributed by atoms with Crippen molar-refractivity contribution in [2.24, 2.45) is 0 Å². The summed E-state index contributed by atoms with van der Waals surface area (Å²) in [5, 5.41) is 11.8. The maximum absolute atomic E-state index is 9.47. The minimum Gasteiger partial charge on any atom is -0.508 e. The van der Waals surface area contributed by atoms with E-state index in [4.69, 9.17) is 0 Å². The van der Waals surface area contributed by atoms with Gasteiger partial charge < -0.3 is 5.11 Å². The molecule has 2 aromatic carbocycles. The molecule has 0 fully saturated rings. The Morgan fingerprint density at radius 1 is 0.933 bits per heavy atom. The van der Waals surface area contributed by atoms with Crippen LogP contribution in [0.5, 0.6) is 5.75 Å². The number of halogens is 1. The van der Waals surface area contributed by atoms with E-state index in [0.717, 1.165) is 9.86 Å². The molecule has 0 amide bonds. The second-order valence-electron chi connectivity index (χ2n) is 3.42. The van der Waals surface area contributed by atoms with Gasteiger partial charge in [0, 0.05) is 24.6 Å². The van der Waals surface area contributed by atoms with Gasteiger partial charge in [-0.2, -0.15) is 0 Å². The molecule has 0 aliphatic rings. The van der Waals surface area contributed by atoms with Gasteiger partial charge in [0.1, 0.15) is 5.75 Å². The molecule has 0 unspecified atom stereocenters. The molecule has 3 aromatic rings. The number of hydrogen-bond acceptors (Lipinski definition) is 2. The van der Waals surface area contributed by atoms with Crippen molar-refractivity contribution in [3.63, 3.8) is 0 Å². The highest BCUT2D eigenvalue weighted by molar-refractivity contribution is 9.10. The average Bonchev–Trinajstić information content (AvgIpc) is 2.56. The second kappa shape index (κ2) is 3.22. The van der Waals surface area contributed by atoms with Crippen LogP contribution >= 0.6 is 27.3 Å². The maximum Gasteiger partial charge on any atom is 0.116 e. The second-order valence-corrected chi connectivity index (χ2v) is 5.42. The van der Waals surface area contributed by atoms with Crippen molar-refractivity contribution in [2.75, 3.05) is 0 Å². The van der Waals surface area contributed by atoms with Gasteiger partial charge in [-0.1, -0.05) is 15.9 Å². The van der Waals surface area contributed by atoms with E-state index in [0.29, 0.717) is 5.75 Å². The van der Waals surface area contributed by atoms with Crippen LogP contribution in [0.3, 0.4) is 0 Å². The molecule has 0 radical (unpaired) electrons. The van der Waals surface area contributed by atoms with Gasteiger partial charge in [-0.15, -0.1) is 11.3 Å². The zero-order chi connectivity index (χ0) is 10.4. The van der Waals surface area contributed by atoms with Crippen molar-refractivity contribution in [3.05, 3.63) is 40.9 Å².